The molecule has 2 unspecified atom stereocenters. The second-order valence-electron chi connectivity index (χ2n) is 5.03. The number of hydrogen-bond donors (Lipinski definition) is 1. The molecule has 1 rings (SSSR count). The lowest BCUT2D eigenvalue weighted by Gasteiger charge is -2.22. The smallest absolute Gasteiger partial charge is 0.148 e. The summed E-state index contributed by atoms with van der Waals surface area (Å²) in [6.45, 7) is 6.08. The molecule has 0 aliphatic carbocycles. The average molecular weight is 269 g/mol. The quantitative estimate of drug-likeness (QED) is 0.863. The highest BCUT2D eigenvalue weighted by atomic mass is 32.2. The Kier molecular flexibility index (Phi) is 5.35. The number of aryl methyl sites for hydroxylation is 1. The van der Waals surface area contributed by atoms with Crippen LogP contribution in [-0.2, 0) is 9.84 Å². The summed E-state index contributed by atoms with van der Waals surface area (Å²) >= 11 is 0. The molecule has 1 aromatic rings. The van der Waals surface area contributed by atoms with Gasteiger partial charge in [-0.15, -0.1) is 0 Å². The number of hydrogen-bond acceptors (Lipinski definition) is 3. The molecule has 102 valence electrons. The van der Waals surface area contributed by atoms with Crippen molar-refractivity contribution in [3.8, 4) is 0 Å². The summed E-state index contributed by atoms with van der Waals surface area (Å²) in [5.41, 5.74) is 2.45. The standard InChI is InChI=1S/C14H23NO2S/c1-5-14(13-8-6-11(2)7-9-13)15-12(3)10-18(4,16)17/h6-9,12,14-15H,5,10H2,1-4H3. The molecule has 1 aromatic carbocycles. The van der Waals surface area contributed by atoms with E-state index in [4.69, 9.17) is 0 Å². The van der Waals surface area contributed by atoms with Crippen molar-refractivity contribution >= 4 is 9.84 Å². The van der Waals surface area contributed by atoms with Crippen LogP contribution in [0.25, 0.3) is 0 Å². The van der Waals surface area contributed by atoms with Crippen LogP contribution in [-0.4, -0.2) is 26.5 Å². The van der Waals surface area contributed by atoms with Gasteiger partial charge in [-0.3, -0.25) is 0 Å². The second kappa shape index (κ2) is 6.34. The molecule has 0 fully saturated rings. The van der Waals surface area contributed by atoms with Gasteiger partial charge in [0.15, 0.2) is 0 Å². The first-order valence-electron chi connectivity index (χ1n) is 6.32. The van der Waals surface area contributed by atoms with Crippen molar-refractivity contribution in [1.82, 2.24) is 5.32 Å². The normalized spacial score (nSPS) is 15.3. The highest BCUT2D eigenvalue weighted by Gasteiger charge is 2.15. The Bertz CT molecular complexity index is 465. The fourth-order valence-corrected chi connectivity index (χ4v) is 3.10. The summed E-state index contributed by atoms with van der Waals surface area (Å²) in [7, 11) is -2.93. The van der Waals surface area contributed by atoms with Crippen LogP contribution in [0.15, 0.2) is 24.3 Å². The SMILES string of the molecule is CCC(NC(C)CS(C)(=O)=O)c1ccc(C)cc1. The topological polar surface area (TPSA) is 46.2 Å². The second-order valence-corrected chi connectivity index (χ2v) is 7.22. The molecule has 0 saturated heterocycles. The largest absolute Gasteiger partial charge is 0.306 e. The van der Waals surface area contributed by atoms with E-state index >= 15 is 0 Å². The minimum Gasteiger partial charge on any atom is -0.306 e. The van der Waals surface area contributed by atoms with E-state index in [0.717, 1.165) is 6.42 Å². The molecule has 0 aliphatic heterocycles. The molecular weight excluding hydrogens is 246 g/mol. The van der Waals surface area contributed by atoms with Gasteiger partial charge in [0.25, 0.3) is 0 Å². The molecule has 0 aromatic heterocycles. The van der Waals surface area contributed by atoms with Gasteiger partial charge in [-0.2, -0.15) is 0 Å². The van der Waals surface area contributed by atoms with E-state index in [0.29, 0.717) is 0 Å². The maximum atomic E-state index is 11.3. The summed E-state index contributed by atoms with van der Waals surface area (Å²) in [4.78, 5) is 0. The van der Waals surface area contributed by atoms with Gasteiger partial charge < -0.3 is 5.32 Å². The first-order chi connectivity index (χ1) is 8.31. The van der Waals surface area contributed by atoms with Crippen LogP contribution >= 0.6 is 0 Å². The third-order valence-electron chi connectivity index (χ3n) is 2.93. The van der Waals surface area contributed by atoms with E-state index in [1.54, 1.807) is 0 Å². The van der Waals surface area contributed by atoms with E-state index < -0.39 is 9.84 Å². The predicted molar refractivity (Wildman–Crippen MR) is 76.5 cm³/mol. The van der Waals surface area contributed by atoms with E-state index in [9.17, 15) is 8.42 Å². The maximum Gasteiger partial charge on any atom is 0.148 e. The van der Waals surface area contributed by atoms with E-state index in [1.165, 1.54) is 17.4 Å². The van der Waals surface area contributed by atoms with Gasteiger partial charge in [-0.25, -0.2) is 8.42 Å². The molecule has 0 amide bonds. The predicted octanol–water partition coefficient (Wildman–Crippen LogP) is 2.47. The Morgan fingerprint density at radius 2 is 1.78 bits per heavy atom. The zero-order valence-corrected chi connectivity index (χ0v) is 12.4. The molecule has 0 saturated carbocycles. The van der Waals surface area contributed by atoms with Crippen molar-refractivity contribution in [2.75, 3.05) is 12.0 Å². The van der Waals surface area contributed by atoms with Crippen LogP contribution in [0.5, 0.6) is 0 Å². The fourth-order valence-electron chi connectivity index (χ4n) is 2.09. The van der Waals surface area contributed by atoms with Gasteiger partial charge in [0.2, 0.25) is 0 Å². The zero-order valence-electron chi connectivity index (χ0n) is 11.6. The lowest BCUT2D eigenvalue weighted by atomic mass is 10.0. The molecule has 4 heteroatoms. The molecule has 1 N–H and O–H groups in total. The third-order valence-corrected chi connectivity index (χ3v) is 4.03. The van der Waals surface area contributed by atoms with Crippen molar-refractivity contribution in [3.05, 3.63) is 35.4 Å². The van der Waals surface area contributed by atoms with Gasteiger partial charge in [-0.05, 0) is 25.8 Å². The number of nitrogens with one attached hydrogen (secondary N) is 1. The number of sulfone groups is 1. The Morgan fingerprint density at radius 3 is 2.22 bits per heavy atom. The first-order valence-corrected chi connectivity index (χ1v) is 8.38. The Balaban J connectivity index is 2.70. The number of benzene rings is 1. The van der Waals surface area contributed by atoms with Crippen LogP contribution in [0.1, 0.15) is 37.4 Å². The lowest BCUT2D eigenvalue weighted by Crippen LogP contribution is -2.35. The molecule has 0 radical (unpaired) electrons. The van der Waals surface area contributed by atoms with Gasteiger partial charge in [0.1, 0.15) is 9.84 Å². The van der Waals surface area contributed by atoms with Crippen molar-refractivity contribution < 1.29 is 8.42 Å². The Morgan fingerprint density at radius 1 is 1.22 bits per heavy atom. The zero-order chi connectivity index (χ0) is 13.8. The minimum atomic E-state index is -2.93. The van der Waals surface area contributed by atoms with Crippen LogP contribution in [0.4, 0.5) is 0 Å². The summed E-state index contributed by atoms with van der Waals surface area (Å²) in [5.74, 6) is 0.176. The monoisotopic (exact) mass is 269 g/mol. The fraction of sp³-hybridized carbons (Fsp3) is 0.571. The van der Waals surface area contributed by atoms with Crippen molar-refractivity contribution in [2.24, 2.45) is 0 Å². The molecule has 2 atom stereocenters. The minimum absolute atomic E-state index is 0.0359. The van der Waals surface area contributed by atoms with Crippen molar-refractivity contribution in [3.63, 3.8) is 0 Å². The van der Waals surface area contributed by atoms with Crippen molar-refractivity contribution in [2.45, 2.75) is 39.3 Å². The van der Waals surface area contributed by atoms with Crippen molar-refractivity contribution in [1.29, 1.82) is 0 Å². The number of rotatable bonds is 6. The highest BCUT2D eigenvalue weighted by Crippen LogP contribution is 2.18. The summed E-state index contributed by atoms with van der Waals surface area (Å²) in [6.07, 6.45) is 2.22. The summed E-state index contributed by atoms with van der Waals surface area (Å²) < 4.78 is 22.5. The summed E-state index contributed by atoms with van der Waals surface area (Å²) in [5, 5.41) is 3.38. The van der Waals surface area contributed by atoms with Gasteiger partial charge >= 0.3 is 0 Å². The molecular formula is C14H23NO2S. The molecule has 0 bridgehead atoms. The van der Waals surface area contributed by atoms with Gasteiger partial charge in [0, 0.05) is 18.3 Å². The average Bonchev–Trinajstić information content (AvgIpc) is 2.25. The lowest BCUT2D eigenvalue weighted by molar-refractivity contribution is 0.464. The molecule has 0 spiro atoms. The molecule has 18 heavy (non-hydrogen) atoms. The Labute approximate surface area is 111 Å². The maximum absolute atomic E-state index is 11.3. The van der Waals surface area contributed by atoms with Crippen LogP contribution in [0.3, 0.4) is 0 Å². The van der Waals surface area contributed by atoms with Crippen LogP contribution < -0.4 is 5.32 Å². The molecule has 3 nitrogen and oxygen atoms in total. The van der Waals surface area contributed by atoms with Crippen LogP contribution in [0, 0.1) is 6.92 Å². The Hall–Kier alpha value is -0.870. The van der Waals surface area contributed by atoms with E-state index in [2.05, 4.69) is 43.4 Å². The van der Waals surface area contributed by atoms with Gasteiger partial charge in [0.05, 0.1) is 5.75 Å². The molecule has 0 heterocycles. The molecule has 0 aliphatic rings. The van der Waals surface area contributed by atoms with E-state index in [1.807, 2.05) is 6.92 Å². The first kappa shape index (κ1) is 15.2. The summed E-state index contributed by atoms with van der Waals surface area (Å²) in [6, 6.07) is 8.54. The van der Waals surface area contributed by atoms with Crippen LogP contribution in [0.2, 0.25) is 0 Å². The van der Waals surface area contributed by atoms with Gasteiger partial charge in [-0.1, -0.05) is 36.8 Å². The van der Waals surface area contributed by atoms with E-state index in [-0.39, 0.29) is 17.8 Å². The third kappa shape index (κ3) is 5.19. The highest BCUT2D eigenvalue weighted by molar-refractivity contribution is 7.90.